The molecule has 1 rings (SSSR count). The van der Waals surface area contributed by atoms with E-state index in [-0.39, 0.29) is 18.5 Å². The summed E-state index contributed by atoms with van der Waals surface area (Å²) < 4.78 is 0. The number of hydrogen-bond acceptors (Lipinski definition) is 4. The zero-order valence-corrected chi connectivity index (χ0v) is 13.1. The van der Waals surface area contributed by atoms with Gasteiger partial charge in [-0.2, -0.15) is 0 Å². The van der Waals surface area contributed by atoms with Gasteiger partial charge in [0, 0.05) is 24.8 Å². The summed E-state index contributed by atoms with van der Waals surface area (Å²) in [5.41, 5.74) is 7.51. The summed E-state index contributed by atoms with van der Waals surface area (Å²) in [5, 5.41) is 3.36. The van der Waals surface area contributed by atoms with Gasteiger partial charge in [-0.15, -0.1) is 0 Å². The lowest BCUT2D eigenvalue weighted by molar-refractivity contribution is -0.116. The highest BCUT2D eigenvalue weighted by Gasteiger charge is 2.16. The molecule has 20 heavy (non-hydrogen) atoms. The average Bonchev–Trinajstić information content (AvgIpc) is 2.33. The van der Waals surface area contributed by atoms with Crippen molar-refractivity contribution in [2.45, 2.75) is 53.2 Å². The molecule has 0 bridgehead atoms. The standard InChI is InChI=1S/C15H26N4O/c1-10(2)17-7-13-6-12(5)15(18-8-13)19(11(3)4)9-14(16)20/h6,8,10-11,17H,7,9H2,1-5H3,(H2,16,20). The number of hydrogen-bond donors (Lipinski definition) is 2. The van der Waals surface area contributed by atoms with Crippen molar-refractivity contribution in [2.24, 2.45) is 5.73 Å². The molecule has 5 heteroatoms. The smallest absolute Gasteiger partial charge is 0.237 e. The lowest BCUT2D eigenvalue weighted by Gasteiger charge is -2.28. The molecular formula is C15H26N4O. The van der Waals surface area contributed by atoms with Gasteiger partial charge in [0.15, 0.2) is 0 Å². The van der Waals surface area contributed by atoms with E-state index in [0.29, 0.717) is 6.04 Å². The molecule has 1 aromatic heterocycles. The number of rotatable bonds is 7. The number of nitrogens with zero attached hydrogens (tertiary/aromatic N) is 2. The van der Waals surface area contributed by atoms with E-state index in [1.165, 1.54) is 0 Å². The van der Waals surface area contributed by atoms with Crippen LogP contribution in [-0.2, 0) is 11.3 Å². The molecular weight excluding hydrogens is 252 g/mol. The van der Waals surface area contributed by atoms with Gasteiger partial charge in [0.1, 0.15) is 5.82 Å². The van der Waals surface area contributed by atoms with Crippen LogP contribution < -0.4 is 16.0 Å². The van der Waals surface area contributed by atoms with Crippen LogP contribution in [0.15, 0.2) is 12.3 Å². The van der Waals surface area contributed by atoms with Crippen LogP contribution in [0.25, 0.3) is 0 Å². The summed E-state index contributed by atoms with van der Waals surface area (Å²) >= 11 is 0. The predicted molar refractivity (Wildman–Crippen MR) is 82.6 cm³/mol. The predicted octanol–water partition coefficient (Wildman–Crippen LogP) is 1.59. The van der Waals surface area contributed by atoms with Crippen molar-refractivity contribution >= 4 is 11.7 Å². The third kappa shape index (κ3) is 4.81. The molecule has 0 unspecified atom stereocenters. The average molecular weight is 278 g/mol. The van der Waals surface area contributed by atoms with E-state index in [1.807, 2.05) is 31.9 Å². The van der Waals surface area contributed by atoms with Gasteiger partial charge in [0.2, 0.25) is 5.91 Å². The molecule has 0 fully saturated rings. The van der Waals surface area contributed by atoms with Crippen molar-refractivity contribution in [3.63, 3.8) is 0 Å². The Hall–Kier alpha value is -1.62. The zero-order valence-electron chi connectivity index (χ0n) is 13.1. The van der Waals surface area contributed by atoms with Gasteiger partial charge in [-0.05, 0) is 38.0 Å². The second-order valence-corrected chi connectivity index (χ2v) is 5.71. The number of carbonyl (C=O) groups excluding carboxylic acids is 1. The van der Waals surface area contributed by atoms with Gasteiger partial charge < -0.3 is 16.0 Å². The number of amides is 1. The van der Waals surface area contributed by atoms with E-state index in [2.05, 4.69) is 30.2 Å². The summed E-state index contributed by atoms with van der Waals surface area (Å²) in [6, 6.07) is 2.72. The Balaban J connectivity index is 2.92. The van der Waals surface area contributed by atoms with Gasteiger partial charge in [0.25, 0.3) is 0 Å². The van der Waals surface area contributed by atoms with E-state index < -0.39 is 0 Å². The molecule has 0 spiro atoms. The first-order valence-electron chi connectivity index (χ1n) is 7.05. The Labute approximate surface area is 121 Å². The van der Waals surface area contributed by atoms with Crippen LogP contribution in [0.3, 0.4) is 0 Å². The molecule has 1 aromatic rings. The number of pyridine rings is 1. The first kappa shape index (κ1) is 16.4. The van der Waals surface area contributed by atoms with E-state index >= 15 is 0 Å². The van der Waals surface area contributed by atoms with Crippen LogP contribution in [0.4, 0.5) is 5.82 Å². The monoisotopic (exact) mass is 278 g/mol. The Morgan fingerprint density at radius 3 is 2.50 bits per heavy atom. The number of aromatic nitrogens is 1. The number of aryl methyl sites for hydroxylation is 1. The molecule has 0 atom stereocenters. The minimum atomic E-state index is -0.342. The van der Waals surface area contributed by atoms with Crippen LogP contribution >= 0.6 is 0 Å². The molecule has 0 radical (unpaired) electrons. The van der Waals surface area contributed by atoms with Crippen molar-refractivity contribution < 1.29 is 4.79 Å². The molecule has 0 aliphatic rings. The summed E-state index contributed by atoms with van der Waals surface area (Å²) in [6.07, 6.45) is 1.86. The summed E-state index contributed by atoms with van der Waals surface area (Å²) in [5.74, 6) is 0.484. The third-order valence-electron chi connectivity index (χ3n) is 3.04. The van der Waals surface area contributed by atoms with Gasteiger partial charge in [-0.1, -0.05) is 13.8 Å². The summed E-state index contributed by atoms with van der Waals surface area (Å²) in [4.78, 5) is 17.6. The second kappa shape index (κ2) is 7.24. The van der Waals surface area contributed by atoms with Crippen molar-refractivity contribution in [1.82, 2.24) is 10.3 Å². The van der Waals surface area contributed by atoms with Gasteiger partial charge in [-0.25, -0.2) is 4.98 Å². The zero-order chi connectivity index (χ0) is 15.3. The topological polar surface area (TPSA) is 71.2 Å². The Kier molecular flexibility index (Phi) is 5.95. The Morgan fingerprint density at radius 1 is 1.40 bits per heavy atom. The first-order valence-corrected chi connectivity index (χ1v) is 7.05. The molecule has 0 aromatic carbocycles. The van der Waals surface area contributed by atoms with Crippen molar-refractivity contribution in [3.05, 3.63) is 23.4 Å². The van der Waals surface area contributed by atoms with Crippen molar-refractivity contribution in [3.8, 4) is 0 Å². The van der Waals surface area contributed by atoms with E-state index in [4.69, 9.17) is 5.73 Å². The molecule has 1 amide bonds. The number of nitrogens with two attached hydrogens (primary N) is 1. The minimum Gasteiger partial charge on any atom is -0.368 e. The molecule has 3 N–H and O–H groups in total. The molecule has 5 nitrogen and oxygen atoms in total. The van der Waals surface area contributed by atoms with Crippen LogP contribution in [0.2, 0.25) is 0 Å². The molecule has 112 valence electrons. The maximum absolute atomic E-state index is 11.2. The summed E-state index contributed by atoms with van der Waals surface area (Å²) in [6.45, 7) is 11.3. The van der Waals surface area contributed by atoms with E-state index in [0.717, 1.165) is 23.5 Å². The lowest BCUT2D eigenvalue weighted by atomic mass is 10.1. The number of anilines is 1. The van der Waals surface area contributed by atoms with Crippen LogP contribution in [0.5, 0.6) is 0 Å². The molecule has 0 saturated heterocycles. The van der Waals surface area contributed by atoms with Crippen molar-refractivity contribution in [1.29, 1.82) is 0 Å². The molecule has 0 saturated carbocycles. The highest BCUT2D eigenvalue weighted by molar-refractivity contribution is 5.79. The summed E-state index contributed by atoms with van der Waals surface area (Å²) in [7, 11) is 0. The van der Waals surface area contributed by atoms with Crippen LogP contribution in [0.1, 0.15) is 38.8 Å². The Bertz CT molecular complexity index is 457. The fourth-order valence-electron chi connectivity index (χ4n) is 2.02. The highest BCUT2D eigenvalue weighted by atomic mass is 16.1. The molecule has 0 aliphatic carbocycles. The third-order valence-corrected chi connectivity index (χ3v) is 3.04. The fraction of sp³-hybridized carbons (Fsp3) is 0.600. The van der Waals surface area contributed by atoms with E-state index in [1.54, 1.807) is 0 Å². The highest BCUT2D eigenvalue weighted by Crippen LogP contribution is 2.20. The fourth-order valence-corrected chi connectivity index (χ4v) is 2.02. The maximum Gasteiger partial charge on any atom is 0.237 e. The molecule has 1 heterocycles. The SMILES string of the molecule is Cc1cc(CNC(C)C)cnc1N(CC(N)=O)C(C)C. The van der Waals surface area contributed by atoms with Crippen LogP contribution in [0, 0.1) is 6.92 Å². The first-order chi connectivity index (χ1) is 9.31. The number of nitrogens with one attached hydrogen (secondary N) is 1. The largest absolute Gasteiger partial charge is 0.368 e. The quantitative estimate of drug-likeness (QED) is 0.794. The Morgan fingerprint density at radius 2 is 2.05 bits per heavy atom. The van der Waals surface area contributed by atoms with Gasteiger partial charge in [-0.3, -0.25) is 4.79 Å². The molecule has 0 aliphatic heterocycles. The van der Waals surface area contributed by atoms with E-state index in [9.17, 15) is 4.79 Å². The van der Waals surface area contributed by atoms with Gasteiger partial charge in [0.05, 0.1) is 6.54 Å². The number of primary amides is 1. The second-order valence-electron chi connectivity index (χ2n) is 5.71. The van der Waals surface area contributed by atoms with Crippen molar-refractivity contribution in [2.75, 3.05) is 11.4 Å². The normalized spacial score (nSPS) is 11.2. The van der Waals surface area contributed by atoms with Crippen LogP contribution in [-0.4, -0.2) is 29.5 Å². The lowest BCUT2D eigenvalue weighted by Crippen LogP contribution is -2.39. The minimum absolute atomic E-state index is 0.174. The van der Waals surface area contributed by atoms with Gasteiger partial charge >= 0.3 is 0 Å². The number of carbonyl (C=O) groups is 1. The maximum atomic E-state index is 11.2.